The monoisotopic (exact) mass is 301 g/mol. The van der Waals surface area contributed by atoms with Gasteiger partial charge in [0.15, 0.2) is 0 Å². The van der Waals surface area contributed by atoms with E-state index in [2.05, 4.69) is 12.2 Å². The molecule has 0 saturated heterocycles. The number of rotatable bonds is 16. The van der Waals surface area contributed by atoms with Crippen molar-refractivity contribution in [2.75, 3.05) is 26.3 Å². The van der Waals surface area contributed by atoms with Gasteiger partial charge in [0.25, 0.3) is 0 Å². The van der Waals surface area contributed by atoms with E-state index < -0.39 is 0 Å². The Kier molecular flexibility index (Phi) is 16.9. The number of aliphatic hydroxyl groups is 1. The first-order valence-corrected chi connectivity index (χ1v) is 8.78. The maximum atomic E-state index is 11.4. The molecule has 0 unspecified atom stereocenters. The van der Waals surface area contributed by atoms with Crippen LogP contribution in [0.1, 0.15) is 77.6 Å². The van der Waals surface area contributed by atoms with Crippen LogP contribution in [0.3, 0.4) is 0 Å². The minimum Gasteiger partial charge on any atom is -0.464 e. The summed E-state index contributed by atoms with van der Waals surface area (Å²) >= 11 is 0. The number of carbonyl (C=O) groups excluding carboxylic acids is 1. The van der Waals surface area contributed by atoms with Crippen molar-refractivity contribution in [1.29, 1.82) is 0 Å². The number of unbranched alkanes of at least 4 members (excludes halogenated alkanes) is 9. The van der Waals surface area contributed by atoms with Crippen LogP contribution in [0.5, 0.6) is 0 Å². The van der Waals surface area contributed by atoms with E-state index in [-0.39, 0.29) is 12.6 Å². The highest BCUT2D eigenvalue weighted by atomic mass is 16.5. The lowest BCUT2D eigenvalue weighted by atomic mass is 10.1. The summed E-state index contributed by atoms with van der Waals surface area (Å²) in [6.45, 7) is 3.93. The summed E-state index contributed by atoms with van der Waals surface area (Å²) in [6, 6.07) is 0. The van der Waals surface area contributed by atoms with Crippen LogP contribution in [-0.2, 0) is 9.53 Å². The molecule has 0 saturated carbocycles. The molecule has 0 aliphatic carbocycles. The zero-order valence-corrected chi connectivity index (χ0v) is 13.9. The minimum atomic E-state index is -0.0969. The van der Waals surface area contributed by atoms with Gasteiger partial charge in [-0.15, -0.1) is 0 Å². The number of hydrogen-bond acceptors (Lipinski definition) is 4. The normalized spacial score (nSPS) is 10.8. The fraction of sp³-hybridized carbons (Fsp3) is 0.941. The van der Waals surface area contributed by atoms with Crippen molar-refractivity contribution in [3.63, 3.8) is 0 Å². The molecule has 4 nitrogen and oxygen atoms in total. The van der Waals surface area contributed by atoms with Gasteiger partial charge in [-0.1, -0.05) is 64.7 Å². The van der Waals surface area contributed by atoms with E-state index in [1.807, 2.05) is 0 Å². The average molecular weight is 301 g/mol. The lowest BCUT2D eigenvalue weighted by Crippen LogP contribution is -2.24. The Hall–Kier alpha value is -0.610. The standard InChI is InChI=1S/C17H35NO3/c1-2-3-4-5-6-7-8-9-10-11-12-17(20)21-16-14-18-13-15-19/h18-19H,2-16H2,1H3. The Labute approximate surface area is 130 Å². The summed E-state index contributed by atoms with van der Waals surface area (Å²) in [5.74, 6) is -0.0969. The number of aliphatic hydroxyl groups excluding tert-OH is 1. The predicted molar refractivity (Wildman–Crippen MR) is 87.4 cm³/mol. The average Bonchev–Trinajstić information content (AvgIpc) is 2.49. The zero-order chi connectivity index (χ0) is 15.6. The molecule has 126 valence electrons. The van der Waals surface area contributed by atoms with Gasteiger partial charge in [0.1, 0.15) is 6.61 Å². The number of hydrogen-bond donors (Lipinski definition) is 2. The SMILES string of the molecule is CCCCCCCCCCCCC(=O)OCCNCCO. The molecule has 0 fully saturated rings. The van der Waals surface area contributed by atoms with Gasteiger partial charge in [0.2, 0.25) is 0 Å². The fourth-order valence-electron chi connectivity index (χ4n) is 2.27. The van der Waals surface area contributed by atoms with Gasteiger partial charge in [-0.05, 0) is 6.42 Å². The zero-order valence-electron chi connectivity index (χ0n) is 13.9. The highest BCUT2D eigenvalue weighted by Crippen LogP contribution is 2.11. The van der Waals surface area contributed by atoms with Crippen molar-refractivity contribution >= 4 is 5.97 Å². The van der Waals surface area contributed by atoms with Gasteiger partial charge in [-0.25, -0.2) is 0 Å². The van der Waals surface area contributed by atoms with E-state index in [4.69, 9.17) is 9.84 Å². The van der Waals surface area contributed by atoms with Crippen molar-refractivity contribution in [3.8, 4) is 0 Å². The van der Waals surface area contributed by atoms with Gasteiger partial charge in [-0.2, -0.15) is 0 Å². The molecule has 21 heavy (non-hydrogen) atoms. The topological polar surface area (TPSA) is 58.6 Å². The molecule has 0 radical (unpaired) electrons. The van der Waals surface area contributed by atoms with Crippen LogP contribution >= 0.6 is 0 Å². The maximum Gasteiger partial charge on any atom is 0.305 e. The summed E-state index contributed by atoms with van der Waals surface area (Å²) in [5, 5.41) is 11.5. The number of carbonyl (C=O) groups is 1. The molecule has 2 N–H and O–H groups in total. The van der Waals surface area contributed by atoms with Crippen LogP contribution < -0.4 is 5.32 Å². The van der Waals surface area contributed by atoms with E-state index in [1.165, 1.54) is 51.4 Å². The first-order chi connectivity index (χ1) is 10.3. The maximum absolute atomic E-state index is 11.4. The van der Waals surface area contributed by atoms with Crippen molar-refractivity contribution in [2.24, 2.45) is 0 Å². The molecule has 0 aliphatic rings. The van der Waals surface area contributed by atoms with Gasteiger partial charge in [0.05, 0.1) is 6.61 Å². The number of ether oxygens (including phenoxy) is 1. The third kappa shape index (κ3) is 17.3. The molecule has 0 aromatic rings. The number of nitrogens with one attached hydrogen (secondary N) is 1. The van der Waals surface area contributed by atoms with Crippen molar-refractivity contribution in [1.82, 2.24) is 5.32 Å². The van der Waals surface area contributed by atoms with E-state index in [0.29, 0.717) is 26.1 Å². The molecule has 0 rings (SSSR count). The molecule has 0 aromatic heterocycles. The first kappa shape index (κ1) is 20.4. The lowest BCUT2D eigenvalue weighted by molar-refractivity contribution is -0.143. The highest BCUT2D eigenvalue weighted by Gasteiger charge is 2.02. The molecule has 0 aliphatic heterocycles. The second-order valence-electron chi connectivity index (χ2n) is 5.63. The minimum absolute atomic E-state index is 0.0969. The second-order valence-corrected chi connectivity index (χ2v) is 5.63. The van der Waals surface area contributed by atoms with E-state index in [9.17, 15) is 4.79 Å². The second kappa shape index (κ2) is 17.4. The molecule has 0 amide bonds. The highest BCUT2D eigenvalue weighted by molar-refractivity contribution is 5.69. The van der Waals surface area contributed by atoms with Crippen LogP contribution in [0.15, 0.2) is 0 Å². The van der Waals surface area contributed by atoms with Crippen LogP contribution in [0.2, 0.25) is 0 Å². The van der Waals surface area contributed by atoms with Crippen molar-refractivity contribution < 1.29 is 14.6 Å². The van der Waals surface area contributed by atoms with Crippen molar-refractivity contribution in [2.45, 2.75) is 77.6 Å². The Morgan fingerprint density at radius 2 is 1.48 bits per heavy atom. The van der Waals surface area contributed by atoms with Gasteiger partial charge >= 0.3 is 5.97 Å². The largest absolute Gasteiger partial charge is 0.464 e. The molecule has 4 heteroatoms. The van der Waals surface area contributed by atoms with Crippen molar-refractivity contribution in [3.05, 3.63) is 0 Å². The van der Waals surface area contributed by atoms with Gasteiger partial charge < -0.3 is 15.2 Å². The molecular formula is C17H35NO3. The Bertz CT molecular complexity index is 222. The first-order valence-electron chi connectivity index (χ1n) is 8.78. The molecule has 0 aromatic carbocycles. The quantitative estimate of drug-likeness (QED) is 0.339. The lowest BCUT2D eigenvalue weighted by Gasteiger charge is -2.05. The van der Waals surface area contributed by atoms with Crippen LogP contribution in [0.25, 0.3) is 0 Å². The summed E-state index contributed by atoms with van der Waals surface area (Å²) in [5.41, 5.74) is 0. The van der Waals surface area contributed by atoms with Crippen LogP contribution in [-0.4, -0.2) is 37.4 Å². The van der Waals surface area contributed by atoms with E-state index >= 15 is 0 Å². The van der Waals surface area contributed by atoms with Crippen LogP contribution in [0, 0.1) is 0 Å². The Morgan fingerprint density at radius 3 is 2.05 bits per heavy atom. The summed E-state index contributed by atoms with van der Waals surface area (Å²) < 4.78 is 5.09. The Balaban J connectivity index is 3.11. The number of esters is 1. The molecule has 0 spiro atoms. The van der Waals surface area contributed by atoms with Gasteiger partial charge in [-0.3, -0.25) is 4.79 Å². The molecule has 0 heterocycles. The van der Waals surface area contributed by atoms with Crippen LogP contribution in [0.4, 0.5) is 0 Å². The molecule has 0 bridgehead atoms. The summed E-state index contributed by atoms with van der Waals surface area (Å²) in [6.07, 6.45) is 13.3. The Morgan fingerprint density at radius 1 is 0.905 bits per heavy atom. The predicted octanol–water partition coefficient (Wildman–Crippen LogP) is 3.42. The third-order valence-electron chi connectivity index (χ3n) is 3.56. The van der Waals surface area contributed by atoms with E-state index in [0.717, 1.165) is 12.8 Å². The third-order valence-corrected chi connectivity index (χ3v) is 3.56. The molecule has 0 atom stereocenters. The smallest absolute Gasteiger partial charge is 0.305 e. The van der Waals surface area contributed by atoms with E-state index in [1.54, 1.807) is 0 Å². The summed E-state index contributed by atoms with van der Waals surface area (Å²) in [7, 11) is 0. The fourth-order valence-corrected chi connectivity index (χ4v) is 2.27. The summed E-state index contributed by atoms with van der Waals surface area (Å²) in [4.78, 5) is 11.4. The van der Waals surface area contributed by atoms with Gasteiger partial charge in [0, 0.05) is 19.5 Å². The molecular weight excluding hydrogens is 266 g/mol.